The van der Waals surface area contributed by atoms with Crippen molar-refractivity contribution < 1.29 is 14.0 Å². The molecule has 2 fully saturated rings. The molecule has 3 unspecified atom stereocenters. The summed E-state index contributed by atoms with van der Waals surface area (Å²) in [4.78, 5) is 25.7. The van der Waals surface area contributed by atoms with Crippen LogP contribution in [0.25, 0.3) is 0 Å². The van der Waals surface area contributed by atoms with Crippen LogP contribution in [-0.2, 0) is 9.59 Å². The maximum absolute atomic E-state index is 12.9. The van der Waals surface area contributed by atoms with E-state index in [4.69, 9.17) is 0 Å². The highest BCUT2D eigenvalue weighted by Gasteiger charge is 2.25. The lowest BCUT2D eigenvalue weighted by Crippen LogP contribution is -2.44. The number of unbranched alkanes of at least 4 members (excludes halogenated alkanes) is 1. The number of hydrogen-bond donors (Lipinski definition) is 2. The lowest BCUT2D eigenvalue weighted by atomic mass is 9.98. The first-order valence-electron chi connectivity index (χ1n) is 8.52. The smallest absolute Gasteiger partial charge is 0.224 e. The largest absolute Gasteiger partial charge is 0.356 e. The number of carbonyl (C=O) groups is 2. The summed E-state index contributed by atoms with van der Waals surface area (Å²) >= 11 is 0. The van der Waals surface area contributed by atoms with E-state index < -0.39 is 6.30 Å². The van der Waals surface area contributed by atoms with Gasteiger partial charge in [0, 0.05) is 32.1 Å². The highest BCUT2D eigenvalue weighted by molar-refractivity contribution is 5.79. The maximum atomic E-state index is 12.9. The minimum Gasteiger partial charge on any atom is -0.356 e. The van der Waals surface area contributed by atoms with Gasteiger partial charge in [0.1, 0.15) is 0 Å². The van der Waals surface area contributed by atoms with Crippen LogP contribution in [-0.4, -0.2) is 48.7 Å². The summed E-state index contributed by atoms with van der Waals surface area (Å²) in [6, 6.07) is 0.345. The average molecular weight is 313 g/mol. The molecule has 0 aromatic rings. The van der Waals surface area contributed by atoms with Gasteiger partial charge < -0.3 is 10.2 Å². The van der Waals surface area contributed by atoms with Gasteiger partial charge in [-0.1, -0.05) is 0 Å². The second-order valence-electron chi connectivity index (χ2n) is 6.48. The highest BCUT2D eigenvalue weighted by Crippen LogP contribution is 2.18. The number of carbonyl (C=O) groups excluding carboxylic acids is 2. The van der Waals surface area contributed by atoms with Crippen molar-refractivity contribution in [2.75, 3.05) is 19.6 Å². The Morgan fingerprint density at radius 1 is 1.36 bits per heavy atom. The lowest BCUT2D eigenvalue weighted by molar-refractivity contribution is -0.136. The van der Waals surface area contributed by atoms with Crippen molar-refractivity contribution in [1.82, 2.24) is 15.5 Å². The van der Waals surface area contributed by atoms with E-state index in [9.17, 15) is 14.0 Å². The summed E-state index contributed by atoms with van der Waals surface area (Å²) in [6.45, 7) is 3.94. The molecule has 2 aliphatic rings. The van der Waals surface area contributed by atoms with Crippen LogP contribution in [0.15, 0.2) is 0 Å². The van der Waals surface area contributed by atoms with Crippen LogP contribution in [0.1, 0.15) is 51.9 Å². The van der Waals surface area contributed by atoms with Gasteiger partial charge in [-0.2, -0.15) is 0 Å². The van der Waals surface area contributed by atoms with E-state index in [2.05, 4.69) is 17.6 Å². The van der Waals surface area contributed by atoms with Gasteiger partial charge in [-0.3, -0.25) is 14.9 Å². The molecule has 3 atom stereocenters. The van der Waals surface area contributed by atoms with Crippen LogP contribution < -0.4 is 10.6 Å². The molecule has 0 bridgehead atoms. The summed E-state index contributed by atoms with van der Waals surface area (Å²) < 4.78 is 12.9. The number of likely N-dealkylation sites (tertiary alicyclic amines) is 1. The van der Waals surface area contributed by atoms with Crippen LogP contribution in [0.5, 0.6) is 0 Å². The molecule has 0 saturated carbocycles. The number of alkyl halides is 1. The Hall–Kier alpha value is -1.17. The maximum Gasteiger partial charge on any atom is 0.224 e. The molecule has 2 aliphatic heterocycles. The van der Waals surface area contributed by atoms with E-state index in [0.29, 0.717) is 38.4 Å². The molecule has 0 aromatic heterocycles. The van der Waals surface area contributed by atoms with Gasteiger partial charge in [-0.15, -0.1) is 0 Å². The second-order valence-corrected chi connectivity index (χ2v) is 6.48. The third-order valence-corrected chi connectivity index (χ3v) is 4.72. The van der Waals surface area contributed by atoms with Crippen molar-refractivity contribution in [3.05, 3.63) is 0 Å². The Morgan fingerprint density at radius 3 is 2.86 bits per heavy atom. The van der Waals surface area contributed by atoms with Gasteiger partial charge in [0.15, 0.2) is 6.30 Å². The van der Waals surface area contributed by atoms with E-state index in [1.54, 1.807) is 0 Å². The summed E-state index contributed by atoms with van der Waals surface area (Å²) in [5.74, 6) is 0.161. The molecule has 2 rings (SSSR count). The van der Waals surface area contributed by atoms with Crippen LogP contribution in [0, 0.1) is 5.92 Å². The van der Waals surface area contributed by atoms with Gasteiger partial charge >= 0.3 is 0 Å². The molecule has 0 aliphatic carbocycles. The molecular formula is C16H28FN3O2. The monoisotopic (exact) mass is 313 g/mol. The molecule has 0 aromatic carbocycles. The van der Waals surface area contributed by atoms with Crippen LogP contribution in [0.4, 0.5) is 4.39 Å². The molecule has 2 N–H and O–H groups in total. The zero-order valence-corrected chi connectivity index (χ0v) is 13.4. The summed E-state index contributed by atoms with van der Waals surface area (Å²) in [5.41, 5.74) is 0. The Labute approximate surface area is 132 Å². The minimum absolute atomic E-state index is 0.0156. The molecule has 5 nitrogen and oxygen atoms in total. The molecule has 0 spiro atoms. The van der Waals surface area contributed by atoms with Crippen LogP contribution in [0.2, 0.25) is 0 Å². The number of rotatable bonds is 6. The highest BCUT2D eigenvalue weighted by atomic mass is 19.1. The van der Waals surface area contributed by atoms with Crippen molar-refractivity contribution >= 4 is 11.8 Å². The molecule has 2 amide bonds. The Bertz CT molecular complexity index is 384. The van der Waals surface area contributed by atoms with Gasteiger partial charge in [-0.25, -0.2) is 4.39 Å². The zero-order chi connectivity index (χ0) is 15.9. The first-order chi connectivity index (χ1) is 10.6. The summed E-state index contributed by atoms with van der Waals surface area (Å²) in [6.07, 6.45) is 4.60. The predicted octanol–water partition coefficient (Wildman–Crippen LogP) is 1.58. The fourth-order valence-electron chi connectivity index (χ4n) is 3.25. The standard InChI is InChI=1S/C16H28FN3O2/c1-12-5-4-6-15(21)20(12)10-3-2-9-18-16(22)13-7-8-14(17)19-11-13/h12-14,19H,2-11H2,1H3,(H,18,22). The van der Waals surface area contributed by atoms with Crippen molar-refractivity contribution in [2.45, 2.75) is 64.2 Å². The quantitative estimate of drug-likeness (QED) is 0.578. The topological polar surface area (TPSA) is 61.4 Å². The normalized spacial score (nSPS) is 29.5. The van der Waals surface area contributed by atoms with Gasteiger partial charge in [0.25, 0.3) is 0 Å². The number of nitrogens with zero attached hydrogens (tertiary/aromatic N) is 1. The van der Waals surface area contributed by atoms with E-state index in [1.165, 1.54) is 0 Å². The molecule has 22 heavy (non-hydrogen) atoms. The Balaban J connectivity index is 1.57. The van der Waals surface area contributed by atoms with E-state index in [-0.39, 0.29) is 17.7 Å². The summed E-state index contributed by atoms with van der Waals surface area (Å²) in [7, 11) is 0. The van der Waals surface area contributed by atoms with E-state index in [1.807, 2.05) is 4.90 Å². The number of piperidine rings is 2. The van der Waals surface area contributed by atoms with Gasteiger partial charge in [-0.05, 0) is 45.4 Å². The second kappa shape index (κ2) is 8.46. The van der Waals surface area contributed by atoms with Crippen molar-refractivity contribution in [1.29, 1.82) is 0 Å². The number of amides is 2. The SMILES string of the molecule is CC1CCCC(=O)N1CCCCNC(=O)C1CCC(F)NC1. The fraction of sp³-hybridized carbons (Fsp3) is 0.875. The number of nitrogens with one attached hydrogen (secondary N) is 2. The van der Waals surface area contributed by atoms with Crippen LogP contribution >= 0.6 is 0 Å². The molecule has 6 heteroatoms. The summed E-state index contributed by atoms with van der Waals surface area (Å²) in [5, 5.41) is 5.62. The Kier molecular flexibility index (Phi) is 6.61. The molecular weight excluding hydrogens is 285 g/mol. The molecule has 0 radical (unpaired) electrons. The van der Waals surface area contributed by atoms with Crippen molar-refractivity contribution in [2.24, 2.45) is 5.92 Å². The zero-order valence-electron chi connectivity index (χ0n) is 13.4. The van der Waals surface area contributed by atoms with Gasteiger partial charge in [0.2, 0.25) is 11.8 Å². The minimum atomic E-state index is -0.965. The lowest BCUT2D eigenvalue weighted by Gasteiger charge is -2.33. The van der Waals surface area contributed by atoms with Crippen molar-refractivity contribution in [3.63, 3.8) is 0 Å². The third-order valence-electron chi connectivity index (χ3n) is 4.72. The van der Waals surface area contributed by atoms with E-state index >= 15 is 0 Å². The number of halogens is 1. The molecule has 126 valence electrons. The number of hydrogen-bond acceptors (Lipinski definition) is 3. The van der Waals surface area contributed by atoms with Crippen LogP contribution in [0.3, 0.4) is 0 Å². The average Bonchev–Trinajstić information content (AvgIpc) is 2.50. The first-order valence-corrected chi connectivity index (χ1v) is 8.52. The predicted molar refractivity (Wildman–Crippen MR) is 82.9 cm³/mol. The van der Waals surface area contributed by atoms with Gasteiger partial charge in [0.05, 0.1) is 5.92 Å². The Morgan fingerprint density at radius 2 is 2.18 bits per heavy atom. The molecule has 2 saturated heterocycles. The first kappa shape index (κ1) is 17.2. The van der Waals surface area contributed by atoms with E-state index in [0.717, 1.165) is 32.2 Å². The molecule has 2 heterocycles. The fourth-order valence-corrected chi connectivity index (χ4v) is 3.25. The third kappa shape index (κ3) is 4.93. The van der Waals surface area contributed by atoms with Crippen molar-refractivity contribution in [3.8, 4) is 0 Å².